The van der Waals surface area contributed by atoms with Gasteiger partial charge in [-0.05, 0) is 208 Å². The summed E-state index contributed by atoms with van der Waals surface area (Å²) in [5, 5.41) is 41.7. The van der Waals surface area contributed by atoms with Crippen LogP contribution in [0.1, 0.15) is 226 Å². The number of aliphatic hydroxyl groups is 3. The van der Waals surface area contributed by atoms with E-state index >= 15 is 9.59 Å². The van der Waals surface area contributed by atoms with E-state index in [0.29, 0.717) is 62.2 Å². The Morgan fingerprint density at radius 3 is 2.34 bits per heavy atom. The Balaban J connectivity index is 0.965. The van der Waals surface area contributed by atoms with Crippen molar-refractivity contribution in [1.82, 2.24) is 19.9 Å². The number of aliphatic hydroxyl groups excluding tert-OH is 3. The van der Waals surface area contributed by atoms with Crippen LogP contribution in [0.15, 0.2) is 54.0 Å². The third kappa shape index (κ3) is 7.43. The molecule has 15 atom stereocenters. The first-order chi connectivity index (χ1) is 38.3. The van der Waals surface area contributed by atoms with Crippen LogP contribution in [0.25, 0.3) is 11.0 Å². The lowest BCUT2D eigenvalue weighted by Gasteiger charge is -2.76. The molecule has 4 aromatic rings. The number of fused-ring (bicyclic) bond motifs is 8. The summed E-state index contributed by atoms with van der Waals surface area (Å²) in [6, 6.07) is 9.74. The second-order valence-electron chi connectivity index (χ2n) is 30.1. The van der Waals surface area contributed by atoms with E-state index in [4.69, 9.17) is 9.47 Å². The van der Waals surface area contributed by atoms with E-state index in [0.717, 1.165) is 93.3 Å². The van der Waals surface area contributed by atoms with Gasteiger partial charge in [0.05, 0.1) is 34.8 Å². The molecule has 0 amide bonds. The van der Waals surface area contributed by atoms with Crippen molar-refractivity contribution in [1.29, 1.82) is 0 Å². The van der Waals surface area contributed by atoms with E-state index in [2.05, 4.69) is 97.3 Å². The molecule has 11 heteroatoms. The fourth-order valence-electron chi connectivity index (χ4n) is 22.1. The summed E-state index contributed by atoms with van der Waals surface area (Å²) in [4.78, 5) is 39.5. The van der Waals surface area contributed by atoms with Crippen molar-refractivity contribution in [3.63, 3.8) is 0 Å². The summed E-state index contributed by atoms with van der Waals surface area (Å²) in [6.07, 6.45) is 21.1. The summed E-state index contributed by atoms with van der Waals surface area (Å²) < 4.78 is 14.6. The number of ether oxygens (including phenoxy) is 2. The van der Waals surface area contributed by atoms with Crippen molar-refractivity contribution in [3.8, 4) is 0 Å². The third-order valence-electron chi connectivity index (χ3n) is 26.0. The Hall–Kier alpha value is -3.84. The predicted molar refractivity (Wildman–Crippen MR) is 312 cm³/mol. The molecule has 2 saturated heterocycles. The highest BCUT2D eigenvalue weighted by atomic mass is 16.6. The van der Waals surface area contributed by atoms with Gasteiger partial charge in [0.25, 0.3) is 0 Å². The van der Waals surface area contributed by atoms with Gasteiger partial charge in [0.1, 0.15) is 11.9 Å². The first-order valence-electron chi connectivity index (χ1n) is 32.0. The first-order valence-corrected chi connectivity index (χ1v) is 32.0. The van der Waals surface area contributed by atoms with Gasteiger partial charge in [-0.1, -0.05) is 72.1 Å². The minimum Gasteiger partial charge on any atom is -0.396 e. The predicted octanol–water partition coefficient (Wildman–Crippen LogP) is 12.2. The Morgan fingerprint density at radius 2 is 1.62 bits per heavy atom. The highest BCUT2D eigenvalue weighted by molar-refractivity contribution is 6.02. The number of nitrogens with one attached hydrogen (secondary N) is 3. The van der Waals surface area contributed by atoms with Crippen LogP contribution in [-0.2, 0) is 32.0 Å². The lowest BCUT2D eigenvalue weighted by atomic mass is 9.28. The number of epoxide rings is 1. The first kappa shape index (κ1) is 54.1. The molecule has 6 heterocycles. The Kier molecular flexibility index (Phi) is 12.7. The number of H-pyrrole nitrogens is 2. The van der Waals surface area contributed by atoms with Crippen LogP contribution in [0.3, 0.4) is 0 Å². The molecule has 10 aliphatic rings. The second kappa shape index (κ2) is 18.8. The minimum atomic E-state index is -0.828. The summed E-state index contributed by atoms with van der Waals surface area (Å²) >= 11 is 0. The molecule has 80 heavy (non-hydrogen) atoms. The maximum atomic E-state index is 16.0. The lowest BCUT2D eigenvalue weighted by Crippen LogP contribution is -2.74. The van der Waals surface area contributed by atoms with Gasteiger partial charge < -0.3 is 44.6 Å². The topological polar surface area (TPSA) is 165 Å². The maximum absolute atomic E-state index is 16.0. The number of hydrogen-bond acceptors (Lipinski definition) is 8. The molecular weight excluding hydrogens is 997 g/mol. The highest BCUT2D eigenvalue weighted by Gasteiger charge is 2.80. The lowest BCUT2D eigenvalue weighted by molar-refractivity contribution is -0.267. The number of carbonyl (C=O) groups is 2. The SMILES string of the molecule is CNCCC1(C)C(=O)C2c3cc[nH]c3C3CCC2(C3)C2(C)C1CCC1(C)C2C(O)C2Cn3cc(C(CCO)c4cc(C5CCCCC5)cc(C5CCOCC5)c4)c4[nH]cc(c43)CCC(C)(CC(O)C3OC3(C)C)C3=C2C1(C)CC3=O. The highest BCUT2D eigenvalue weighted by Crippen LogP contribution is 2.83. The van der Waals surface area contributed by atoms with E-state index in [1.165, 1.54) is 71.2 Å². The zero-order valence-electron chi connectivity index (χ0n) is 49.6. The summed E-state index contributed by atoms with van der Waals surface area (Å²) in [5.74, 6) is 0.941. The van der Waals surface area contributed by atoms with Crippen LogP contribution >= 0.6 is 0 Å². The molecule has 6 N–H and O–H groups in total. The zero-order chi connectivity index (χ0) is 55.7. The van der Waals surface area contributed by atoms with Crippen molar-refractivity contribution in [2.45, 2.75) is 224 Å². The van der Waals surface area contributed by atoms with Gasteiger partial charge in [0.2, 0.25) is 0 Å². The number of Topliss-reactive ketones (excluding diaryl/α,β-unsaturated/α-hetero) is 2. The van der Waals surface area contributed by atoms with Gasteiger partial charge in [-0.2, -0.15) is 0 Å². The smallest absolute Gasteiger partial charge is 0.160 e. The van der Waals surface area contributed by atoms with E-state index in [9.17, 15) is 15.3 Å². The number of benzene rings is 1. The second-order valence-corrected chi connectivity index (χ2v) is 30.1. The number of ketones is 2. The number of aromatic amines is 2. The number of nitrogens with zero attached hydrogens (tertiary/aromatic N) is 1. The molecule has 11 nitrogen and oxygen atoms in total. The van der Waals surface area contributed by atoms with Crippen LogP contribution < -0.4 is 5.32 Å². The molecule has 14 rings (SSSR count). The number of aromatic nitrogens is 3. The number of carbonyl (C=O) groups excluding carboxylic acids is 2. The molecule has 432 valence electrons. The fraction of sp³-hybridized carbons (Fsp3) is 0.710. The fourth-order valence-corrected chi connectivity index (χ4v) is 22.1. The molecule has 1 spiro atoms. The number of hydrogen-bond donors (Lipinski definition) is 6. The monoisotopic (exact) mass is 1090 g/mol. The molecule has 3 aliphatic heterocycles. The standard InChI is InChI=1S/C69H94N4O7/c1-63(2)62(80-63)51(76)34-64(3)21-14-42-36-72-57-48(46(18-27-74)45-31-43(39-12-10-9-11-13-39)30-44(32-45)40-19-28-79-29-20-40)37-73(58(42)57)38-49-53-55(64)50(75)35-67(53,6)66(5)22-16-52-65(4,24-26-70-8)61(78)54-47-17-25-71-56(47)41-15-23-69(54,33-41)68(52,7)60(66)59(49)77/h17,25,30-32,36-37,39-41,46,49,51-52,54,59-60,62,70-72,74,76-77H,9-16,18-24,26-29,33-35,38H2,1-8H3. The summed E-state index contributed by atoms with van der Waals surface area (Å²) in [7, 11) is 2.01. The van der Waals surface area contributed by atoms with E-state index in [-0.39, 0.29) is 47.6 Å². The van der Waals surface area contributed by atoms with Crippen LogP contribution in [0.5, 0.6) is 0 Å². The average molecular weight is 1090 g/mol. The molecule has 0 radical (unpaired) electrons. The largest absolute Gasteiger partial charge is 0.396 e. The van der Waals surface area contributed by atoms with Gasteiger partial charge >= 0.3 is 0 Å². The molecule has 7 aliphatic carbocycles. The van der Waals surface area contributed by atoms with E-state index in [1.807, 2.05) is 20.9 Å². The normalized spacial score (nSPS) is 40.1. The number of aryl methyl sites for hydroxylation is 1. The molecule has 7 fully saturated rings. The Morgan fingerprint density at radius 1 is 0.887 bits per heavy atom. The summed E-state index contributed by atoms with van der Waals surface area (Å²) in [6.45, 7) is 19.0. The van der Waals surface area contributed by atoms with Gasteiger partial charge in [-0.15, -0.1) is 0 Å². The molecule has 1 aromatic carbocycles. The van der Waals surface area contributed by atoms with Crippen molar-refractivity contribution < 1.29 is 34.4 Å². The Bertz CT molecular complexity index is 3110. The van der Waals surface area contributed by atoms with E-state index in [1.54, 1.807) is 0 Å². The average Bonchev–Trinajstić information content (AvgIpc) is 1.29. The number of allylic oxidation sites excluding steroid dienone is 1. The number of rotatable bonds is 12. The van der Waals surface area contributed by atoms with Crippen molar-refractivity contribution >= 4 is 22.6 Å². The van der Waals surface area contributed by atoms with Crippen LogP contribution in [0.2, 0.25) is 0 Å². The third-order valence-corrected chi connectivity index (χ3v) is 26.0. The van der Waals surface area contributed by atoms with Gasteiger partial charge in [0.15, 0.2) is 5.78 Å². The maximum Gasteiger partial charge on any atom is 0.160 e. The minimum absolute atomic E-state index is 0.0439. The van der Waals surface area contributed by atoms with Crippen molar-refractivity contribution in [2.75, 3.05) is 33.4 Å². The van der Waals surface area contributed by atoms with Crippen molar-refractivity contribution in [3.05, 3.63) is 93.1 Å². The molecule has 5 saturated carbocycles. The molecule has 2 bridgehead atoms. The molecule has 15 unspecified atom stereocenters. The van der Waals surface area contributed by atoms with Gasteiger partial charge in [-0.3, -0.25) is 9.59 Å². The molecular formula is C69H94N4O7. The van der Waals surface area contributed by atoms with Gasteiger partial charge in [0, 0.05) is 90.9 Å². The zero-order valence-corrected chi connectivity index (χ0v) is 49.6. The molecule has 3 aromatic heterocycles. The van der Waals surface area contributed by atoms with E-state index < -0.39 is 50.8 Å². The van der Waals surface area contributed by atoms with Gasteiger partial charge in [-0.25, -0.2) is 0 Å². The van der Waals surface area contributed by atoms with Crippen LogP contribution in [0, 0.1) is 50.2 Å². The quantitative estimate of drug-likeness (QED) is 0.0763. The van der Waals surface area contributed by atoms with Crippen LogP contribution in [-0.4, -0.2) is 98.7 Å². The summed E-state index contributed by atoms with van der Waals surface area (Å²) in [5.41, 5.74) is 9.52. The van der Waals surface area contributed by atoms with Crippen LogP contribution in [0.4, 0.5) is 0 Å². The Labute approximate surface area is 475 Å². The van der Waals surface area contributed by atoms with Crippen molar-refractivity contribution in [2.24, 2.45) is 50.2 Å².